The van der Waals surface area contributed by atoms with E-state index in [9.17, 15) is 4.79 Å². The fourth-order valence-electron chi connectivity index (χ4n) is 1.71. The van der Waals surface area contributed by atoms with E-state index in [4.69, 9.17) is 0 Å². The molecule has 1 aliphatic rings. The second-order valence-corrected chi connectivity index (χ2v) is 3.67. The van der Waals surface area contributed by atoms with Crippen molar-refractivity contribution in [1.29, 1.82) is 0 Å². The lowest BCUT2D eigenvalue weighted by Gasteiger charge is -2.33. The highest BCUT2D eigenvalue weighted by Crippen LogP contribution is 2.16. The third kappa shape index (κ3) is 1.91. The number of amides is 1. The summed E-state index contributed by atoms with van der Waals surface area (Å²) in [4.78, 5) is 21.9. The Hall–Kier alpha value is -1.85. The van der Waals surface area contributed by atoms with Crippen LogP contribution in [0.15, 0.2) is 12.4 Å². The molecule has 2 N–H and O–H groups in total. The molecule has 1 aliphatic heterocycles. The average Bonchev–Trinajstić information content (AvgIpc) is 2.33. The van der Waals surface area contributed by atoms with Crippen LogP contribution in [-0.2, 0) is 4.79 Å². The molecule has 1 saturated heterocycles. The van der Waals surface area contributed by atoms with Crippen LogP contribution < -0.4 is 15.5 Å². The van der Waals surface area contributed by atoms with Crippen LogP contribution in [0.1, 0.15) is 6.92 Å². The highest BCUT2D eigenvalue weighted by molar-refractivity contribution is 5.85. The van der Waals surface area contributed by atoms with Crippen molar-refractivity contribution in [2.45, 2.75) is 13.0 Å². The van der Waals surface area contributed by atoms with Crippen molar-refractivity contribution >= 4 is 17.5 Å². The Morgan fingerprint density at radius 1 is 1.56 bits per heavy atom. The van der Waals surface area contributed by atoms with Crippen LogP contribution in [-0.4, -0.2) is 42.1 Å². The van der Waals surface area contributed by atoms with Crippen molar-refractivity contribution in [3.63, 3.8) is 0 Å². The smallest absolute Gasteiger partial charge is 0.242 e. The minimum Gasteiger partial charge on any atom is -0.372 e. The minimum atomic E-state index is -0.199. The van der Waals surface area contributed by atoms with Crippen molar-refractivity contribution in [2.24, 2.45) is 0 Å². The summed E-state index contributed by atoms with van der Waals surface area (Å²) < 4.78 is 0. The molecule has 6 nitrogen and oxygen atoms in total. The van der Waals surface area contributed by atoms with Gasteiger partial charge in [-0.3, -0.25) is 9.78 Å². The van der Waals surface area contributed by atoms with Gasteiger partial charge in [-0.05, 0) is 6.92 Å². The molecule has 0 spiro atoms. The van der Waals surface area contributed by atoms with Gasteiger partial charge in [-0.25, -0.2) is 4.98 Å². The predicted octanol–water partition coefficient (Wildman–Crippen LogP) is -0.157. The zero-order chi connectivity index (χ0) is 11.5. The molecule has 0 aliphatic carbocycles. The lowest BCUT2D eigenvalue weighted by Crippen LogP contribution is -2.54. The van der Waals surface area contributed by atoms with E-state index in [1.807, 2.05) is 11.8 Å². The number of anilines is 2. The highest BCUT2D eigenvalue weighted by Gasteiger charge is 2.26. The quantitative estimate of drug-likeness (QED) is 0.726. The molecule has 0 bridgehead atoms. The SMILES string of the molecule is CNc1cncc(N2CCNC(=O)C2C)n1. The van der Waals surface area contributed by atoms with Gasteiger partial charge in [0.25, 0.3) is 0 Å². The molecule has 2 rings (SSSR count). The molecule has 0 radical (unpaired) electrons. The zero-order valence-corrected chi connectivity index (χ0v) is 9.40. The van der Waals surface area contributed by atoms with E-state index in [0.717, 1.165) is 12.4 Å². The third-order valence-corrected chi connectivity index (χ3v) is 2.67. The van der Waals surface area contributed by atoms with E-state index in [1.54, 1.807) is 19.4 Å². The molecule has 1 amide bonds. The molecule has 2 heterocycles. The first kappa shape index (κ1) is 10.7. The first-order valence-corrected chi connectivity index (χ1v) is 5.26. The zero-order valence-electron chi connectivity index (χ0n) is 9.40. The van der Waals surface area contributed by atoms with Gasteiger partial charge in [-0.15, -0.1) is 0 Å². The molecular weight excluding hydrogens is 206 g/mol. The van der Waals surface area contributed by atoms with Gasteiger partial charge in [-0.1, -0.05) is 0 Å². The van der Waals surface area contributed by atoms with Crippen LogP contribution in [0.4, 0.5) is 11.6 Å². The summed E-state index contributed by atoms with van der Waals surface area (Å²) in [5, 5.41) is 5.75. The number of piperazine rings is 1. The molecule has 1 atom stereocenters. The van der Waals surface area contributed by atoms with E-state index in [1.165, 1.54) is 0 Å². The van der Waals surface area contributed by atoms with Crippen LogP contribution in [0.5, 0.6) is 0 Å². The second kappa shape index (κ2) is 4.34. The third-order valence-electron chi connectivity index (χ3n) is 2.67. The van der Waals surface area contributed by atoms with Gasteiger partial charge in [0.05, 0.1) is 12.4 Å². The van der Waals surface area contributed by atoms with E-state index < -0.39 is 0 Å². The lowest BCUT2D eigenvalue weighted by molar-refractivity contribution is -0.122. The Balaban J connectivity index is 2.25. The highest BCUT2D eigenvalue weighted by atomic mass is 16.2. The Bertz CT molecular complexity index is 395. The van der Waals surface area contributed by atoms with Gasteiger partial charge in [0.15, 0.2) is 0 Å². The Labute approximate surface area is 94.1 Å². The monoisotopic (exact) mass is 221 g/mol. The minimum absolute atomic E-state index is 0.0305. The summed E-state index contributed by atoms with van der Waals surface area (Å²) in [6, 6.07) is -0.199. The van der Waals surface area contributed by atoms with Gasteiger partial charge in [-0.2, -0.15) is 0 Å². The molecule has 6 heteroatoms. The number of carbonyl (C=O) groups excluding carboxylic acids is 1. The summed E-state index contributed by atoms with van der Waals surface area (Å²) in [5.74, 6) is 1.47. The summed E-state index contributed by atoms with van der Waals surface area (Å²) in [6.45, 7) is 3.27. The Morgan fingerprint density at radius 3 is 3.12 bits per heavy atom. The molecule has 0 saturated carbocycles. The molecule has 16 heavy (non-hydrogen) atoms. The average molecular weight is 221 g/mol. The predicted molar refractivity (Wildman–Crippen MR) is 61.4 cm³/mol. The van der Waals surface area contributed by atoms with Crippen LogP contribution in [0, 0.1) is 0 Å². The molecule has 1 aromatic rings. The number of nitrogens with zero attached hydrogens (tertiary/aromatic N) is 3. The molecule has 1 aromatic heterocycles. The van der Waals surface area contributed by atoms with E-state index >= 15 is 0 Å². The van der Waals surface area contributed by atoms with Crippen LogP contribution in [0.2, 0.25) is 0 Å². The normalized spacial score (nSPS) is 20.5. The summed E-state index contributed by atoms with van der Waals surface area (Å²) in [6.07, 6.45) is 3.33. The number of nitrogens with one attached hydrogen (secondary N) is 2. The number of hydrogen-bond acceptors (Lipinski definition) is 5. The second-order valence-electron chi connectivity index (χ2n) is 3.67. The molecule has 1 fully saturated rings. The number of aromatic nitrogens is 2. The summed E-state index contributed by atoms with van der Waals surface area (Å²) in [5.41, 5.74) is 0. The topological polar surface area (TPSA) is 70.2 Å². The van der Waals surface area contributed by atoms with Crippen LogP contribution in [0.3, 0.4) is 0 Å². The largest absolute Gasteiger partial charge is 0.372 e. The van der Waals surface area contributed by atoms with Gasteiger partial charge in [0.1, 0.15) is 17.7 Å². The molecular formula is C10H15N5O. The molecule has 0 aromatic carbocycles. The van der Waals surface area contributed by atoms with E-state index in [-0.39, 0.29) is 11.9 Å². The van der Waals surface area contributed by atoms with Gasteiger partial charge in [0, 0.05) is 20.1 Å². The van der Waals surface area contributed by atoms with Crippen LogP contribution in [0.25, 0.3) is 0 Å². The molecule has 1 unspecified atom stereocenters. The first-order valence-electron chi connectivity index (χ1n) is 5.26. The maximum Gasteiger partial charge on any atom is 0.242 e. The number of rotatable bonds is 2. The van der Waals surface area contributed by atoms with E-state index in [2.05, 4.69) is 20.6 Å². The van der Waals surface area contributed by atoms with Gasteiger partial charge < -0.3 is 15.5 Å². The van der Waals surface area contributed by atoms with Crippen LogP contribution >= 0.6 is 0 Å². The Morgan fingerprint density at radius 2 is 2.38 bits per heavy atom. The fraction of sp³-hybridized carbons (Fsp3) is 0.500. The standard InChI is InChI=1S/C10H15N5O/c1-7-10(16)13-3-4-15(7)9-6-12-5-8(11-2)14-9/h5-7H,3-4H2,1-2H3,(H,11,14)(H,13,16). The van der Waals surface area contributed by atoms with E-state index in [0.29, 0.717) is 12.4 Å². The van der Waals surface area contributed by atoms with Crippen molar-refractivity contribution in [3.05, 3.63) is 12.4 Å². The number of hydrogen-bond donors (Lipinski definition) is 2. The summed E-state index contributed by atoms with van der Waals surface area (Å²) >= 11 is 0. The lowest BCUT2D eigenvalue weighted by atomic mass is 10.2. The maximum absolute atomic E-state index is 11.5. The number of carbonyl (C=O) groups is 1. The van der Waals surface area contributed by atoms with Crippen molar-refractivity contribution in [1.82, 2.24) is 15.3 Å². The maximum atomic E-state index is 11.5. The Kier molecular flexibility index (Phi) is 2.89. The van der Waals surface area contributed by atoms with Gasteiger partial charge in [0.2, 0.25) is 5.91 Å². The first-order chi connectivity index (χ1) is 7.72. The fourth-order valence-corrected chi connectivity index (χ4v) is 1.71. The van der Waals surface area contributed by atoms with Gasteiger partial charge >= 0.3 is 0 Å². The van der Waals surface area contributed by atoms with Crippen molar-refractivity contribution in [2.75, 3.05) is 30.4 Å². The molecule has 86 valence electrons. The van der Waals surface area contributed by atoms with Crippen molar-refractivity contribution in [3.8, 4) is 0 Å². The van der Waals surface area contributed by atoms with Crippen molar-refractivity contribution < 1.29 is 4.79 Å². The summed E-state index contributed by atoms with van der Waals surface area (Å²) in [7, 11) is 1.79.